The Morgan fingerprint density at radius 2 is 1.78 bits per heavy atom. The number of benzene rings is 1. The lowest BCUT2D eigenvalue weighted by Gasteiger charge is -2.30. The maximum Gasteiger partial charge on any atom is 0.251 e. The zero-order chi connectivity index (χ0) is 16.2. The van der Waals surface area contributed by atoms with Gasteiger partial charge in [0, 0.05) is 0 Å². The molecule has 124 valence electrons. The topological polar surface area (TPSA) is 49.9 Å². The van der Waals surface area contributed by atoms with E-state index in [4.69, 9.17) is 4.74 Å². The Hall–Kier alpha value is -1.88. The van der Waals surface area contributed by atoms with Gasteiger partial charge in [-0.15, -0.1) is 0 Å². The molecule has 0 saturated carbocycles. The van der Waals surface area contributed by atoms with E-state index < -0.39 is 0 Å². The molecule has 23 heavy (non-hydrogen) atoms. The van der Waals surface area contributed by atoms with Crippen molar-refractivity contribution < 1.29 is 14.3 Å². The van der Waals surface area contributed by atoms with Crippen LogP contribution in [0.15, 0.2) is 24.3 Å². The number of hydrogen-bond donors (Lipinski definition) is 0. The molecule has 0 radical (unpaired) electrons. The number of carbonyl (C=O) groups is 2. The molecule has 1 aromatic carbocycles. The van der Waals surface area contributed by atoms with Crippen molar-refractivity contribution in [2.75, 3.05) is 24.6 Å². The van der Waals surface area contributed by atoms with Crippen molar-refractivity contribution in [1.29, 1.82) is 0 Å². The number of carbonyl (C=O) groups excluding carboxylic acids is 2. The molecule has 1 atom stereocenters. The fourth-order valence-corrected chi connectivity index (χ4v) is 3.31. The van der Waals surface area contributed by atoms with Crippen LogP contribution in [0.3, 0.4) is 0 Å². The summed E-state index contributed by atoms with van der Waals surface area (Å²) in [6, 6.07) is 6.94. The molecule has 2 fully saturated rings. The minimum absolute atomic E-state index is 0.0841. The lowest BCUT2D eigenvalue weighted by atomic mass is 10.1. The Bertz CT molecular complexity index is 564. The number of hydrogen-bond acceptors (Lipinski definition) is 4. The van der Waals surface area contributed by atoms with E-state index in [1.165, 1.54) is 11.3 Å². The van der Waals surface area contributed by atoms with Crippen molar-refractivity contribution in [3.63, 3.8) is 0 Å². The predicted molar refractivity (Wildman–Crippen MR) is 88.6 cm³/mol. The molecule has 0 aliphatic carbocycles. The SMILES string of the molecule is CCCOc1ccc(N2C(=O)C[C@@H](N3CCCCC3)C2=O)cc1. The van der Waals surface area contributed by atoms with E-state index >= 15 is 0 Å². The summed E-state index contributed by atoms with van der Waals surface area (Å²) in [5.74, 6) is 0.578. The largest absolute Gasteiger partial charge is 0.494 e. The fraction of sp³-hybridized carbons (Fsp3) is 0.556. The van der Waals surface area contributed by atoms with Gasteiger partial charge in [0.25, 0.3) is 5.91 Å². The number of piperidine rings is 1. The lowest BCUT2D eigenvalue weighted by Crippen LogP contribution is -2.44. The van der Waals surface area contributed by atoms with E-state index in [1.807, 2.05) is 12.1 Å². The standard InChI is InChI=1S/C18H24N2O3/c1-2-12-23-15-8-6-14(7-9-15)20-17(21)13-16(18(20)22)19-10-4-3-5-11-19/h6-9,16H,2-5,10-13H2,1H3/t16-/m1/s1. The van der Waals surface area contributed by atoms with Crippen LogP contribution in [0.5, 0.6) is 5.75 Å². The maximum absolute atomic E-state index is 12.7. The Morgan fingerprint density at radius 3 is 2.43 bits per heavy atom. The second-order valence-electron chi connectivity index (χ2n) is 6.23. The third-order valence-electron chi connectivity index (χ3n) is 4.52. The van der Waals surface area contributed by atoms with Gasteiger partial charge in [-0.25, -0.2) is 4.90 Å². The maximum atomic E-state index is 12.7. The van der Waals surface area contributed by atoms with Crippen molar-refractivity contribution in [3.05, 3.63) is 24.3 Å². The van der Waals surface area contributed by atoms with Crippen LogP contribution in [-0.2, 0) is 9.59 Å². The molecule has 2 aliphatic heterocycles. The molecule has 2 heterocycles. The summed E-state index contributed by atoms with van der Waals surface area (Å²) >= 11 is 0. The van der Waals surface area contributed by atoms with Gasteiger partial charge < -0.3 is 4.74 Å². The van der Waals surface area contributed by atoms with Crippen molar-refractivity contribution >= 4 is 17.5 Å². The first-order valence-electron chi connectivity index (χ1n) is 8.54. The van der Waals surface area contributed by atoms with Gasteiger partial charge in [0.1, 0.15) is 5.75 Å². The predicted octanol–water partition coefficient (Wildman–Crippen LogP) is 2.59. The molecule has 2 saturated heterocycles. The molecule has 0 N–H and O–H groups in total. The second-order valence-corrected chi connectivity index (χ2v) is 6.23. The van der Waals surface area contributed by atoms with E-state index in [1.54, 1.807) is 12.1 Å². The monoisotopic (exact) mass is 316 g/mol. The van der Waals surface area contributed by atoms with Crippen LogP contribution in [-0.4, -0.2) is 42.5 Å². The van der Waals surface area contributed by atoms with E-state index in [0.29, 0.717) is 18.7 Å². The first kappa shape index (κ1) is 16.0. The van der Waals surface area contributed by atoms with E-state index in [9.17, 15) is 9.59 Å². The van der Waals surface area contributed by atoms with Gasteiger partial charge in [-0.05, 0) is 56.6 Å². The highest BCUT2D eigenvalue weighted by Gasteiger charge is 2.42. The molecule has 0 aromatic heterocycles. The van der Waals surface area contributed by atoms with Gasteiger partial charge in [0.05, 0.1) is 24.8 Å². The molecule has 3 rings (SSSR count). The minimum atomic E-state index is -0.279. The summed E-state index contributed by atoms with van der Waals surface area (Å²) in [5.41, 5.74) is 0.642. The molecular weight excluding hydrogens is 292 g/mol. The number of imide groups is 1. The van der Waals surface area contributed by atoms with Gasteiger partial charge in [0.15, 0.2) is 0 Å². The van der Waals surface area contributed by atoms with Crippen LogP contribution in [0.2, 0.25) is 0 Å². The van der Waals surface area contributed by atoms with Gasteiger partial charge in [0.2, 0.25) is 5.91 Å². The average molecular weight is 316 g/mol. The first-order valence-corrected chi connectivity index (χ1v) is 8.54. The van der Waals surface area contributed by atoms with E-state index in [2.05, 4.69) is 11.8 Å². The summed E-state index contributed by atoms with van der Waals surface area (Å²) in [6.45, 7) is 4.55. The van der Waals surface area contributed by atoms with Gasteiger partial charge in [-0.3, -0.25) is 14.5 Å². The van der Waals surface area contributed by atoms with E-state index in [-0.39, 0.29) is 17.9 Å². The molecular formula is C18H24N2O3. The molecule has 2 amide bonds. The zero-order valence-electron chi connectivity index (χ0n) is 13.7. The average Bonchev–Trinajstić information content (AvgIpc) is 2.89. The number of amides is 2. The van der Waals surface area contributed by atoms with Crippen LogP contribution < -0.4 is 9.64 Å². The quantitative estimate of drug-likeness (QED) is 0.784. The van der Waals surface area contributed by atoms with Crippen molar-refractivity contribution in [1.82, 2.24) is 4.90 Å². The third-order valence-corrected chi connectivity index (χ3v) is 4.52. The molecule has 0 bridgehead atoms. The molecule has 0 unspecified atom stereocenters. The van der Waals surface area contributed by atoms with Crippen LogP contribution in [0.4, 0.5) is 5.69 Å². The number of likely N-dealkylation sites (tertiary alicyclic amines) is 1. The molecule has 5 nitrogen and oxygen atoms in total. The summed E-state index contributed by atoms with van der Waals surface area (Å²) in [6.07, 6.45) is 4.69. The summed E-state index contributed by atoms with van der Waals surface area (Å²) in [5, 5.41) is 0. The Kier molecular flexibility index (Phi) is 4.96. The number of ether oxygens (including phenoxy) is 1. The Morgan fingerprint density at radius 1 is 1.09 bits per heavy atom. The van der Waals surface area contributed by atoms with Crippen molar-refractivity contribution in [2.45, 2.75) is 45.1 Å². The van der Waals surface area contributed by atoms with Gasteiger partial charge in [-0.2, -0.15) is 0 Å². The zero-order valence-corrected chi connectivity index (χ0v) is 13.7. The molecule has 1 aromatic rings. The van der Waals surface area contributed by atoms with Crippen LogP contribution in [0, 0.1) is 0 Å². The van der Waals surface area contributed by atoms with Crippen LogP contribution >= 0.6 is 0 Å². The normalized spacial score (nSPS) is 22.7. The highest BCUT2D eigenvalue weighted by atomic mass is 16.5. The smallest absolute Gasteiger partial charge is 0.251 e. The molecule has 5 heteroatoms. The van der Waals surface area contributed by atoms with Crippen molar-refractivity contribution in [2.24, 2.45) is 0 Å². The fourth-order valence-electron chi connectivity index (χ4n) is 3.31. The number of anilines is 1. The van der Waals surface area contributed by atoms with Crippen molar-refractivity contribution in [3.8, 4) is 5.75 Å². The summed E-state index contributed by atoms with van der Waals surface area (Å²) < 4.78 is 5.55. The Labute approximate surface area is 137 Å². The Balaban J connectivity index is 1.71. The van der Waals surface area contributed by atoms with E-state index in [0.717, 1.165) is 38.1 Å². The number of nitrogens with zero attached hydrogens (tertiary/aromatic N) is 2. The minimum Gasteiger partial charge on any atom is -0.494 e. The highest BCUT2D eigenvalue weighted by molar-refractivity contribution is 6.22. The molecule has 2 aliphatic rings. The summed E-state index contributed by atoms with van der Waals surface area (Å²) in [4.78, 5) is 28.6. The van der Waals surface area contributed by atoms with Crippen LogP contribution in [0.25, 0.3) is 0 Å². The third kappa shape index (κ3) is 3.39. The summed E-state index contributed by atoms with van der Waals surface area (Å²) in [7, 11) is 0. The van der Waals surface area contributed by atoms with Crippen LogP contribution in [0.1, 0.15) is 39.0 Å². The lowest BCUT2D eigenvalue weighted by molar-refractivity contribution is -0.123. The molecule has 0 spiro atoms. The first-order chi connectivity index (χ1) is 11.2. The highest BCUT2D eigenvalue weighted by Crippen LogP contribution is 2.28. The van der Waals surface area contributed by atoms with Gasteiger partial charge >= 0.3 is 0 Å². The number of rotatable bonds is 5. The second kappa shape index (κ2) is 7.13. The van der Waals surface area contributed by atoms with Gasteiger partial charge in [-0.1, -0.05) is 13.3 Å².